The summed E-state index contributed by atoms with van der Waals surface area (Å²) in [5, 5.41) is 4.19. The number of amides is 1. The third kappa shape index (κ3) is 3.32. The number of nitrogens with zero attached hydrogens (tertiary/aromatic N) is 1. The highest BCUT2D eigenvalue weighted by Crippen LogP contribution is 2.24. The van der Waals surface area contributed by atoms with Crippen LogP contribution in [0.25, 0.3) is 10.9 Å². The zero-order valence-corrected chi connectivity index (χ0v) is 14.0. The fraction of sp³-hybridized carbons (Fsp3) is 0.250. The molecule has 1 heterocycles. The smallest absolute Gasteiger partial charge is 0.224 e. The molecule has 0 saturated carbocycles. The molecule has 0 radical (unpaired) electrons. The Morgan fingerprint density at radius 2 is 1.83 bits per heavy atom. The van der Waals surface area contributed by atoms with Crippen LogP contribution in [0.5, 0.6) is 0 Å². The van der Waals surface area contributed by atoms with Gasteiger partial charge in [-0.05, 0) is 42.7 Å². The van der Waals surface area contributed by atoms with Gasteiger partial charge in [0, 0.05) is 30.2 Å². The molecule has 0 saturated heterocycles. The number of hydrogen-bond donors (Lipinski definition) is 1. The second kappa shape index (κ2) is 6.87. The van der Waals surface area contributed by atoms with Gasteiger partial charge in [0.15, 0.2) is 0 Å². The molecular weight excluding hydrogens is 303 g/mol. The zero-order chi connectivity index (χ0) is 17.1. The standard InChI is InChI=1S/C20H21FN2O/c1-14-17(18-5-3-4-6-19(18)23(14)2)11-12-22-20(24)13-15-7-9-16(21)10-8-15/h3-10H,11-13H2,1-2H3,(H,22,24). The van der Waals surface area contributed by atoms with Crippen LogP contribution in [-0.4, -0.2) is 17.0 Å². The first-order valence-electron chi connectivity index (χ1n) is 8.10. The van der Waals surface area contributed by atoms with Gasteiger partial charge in [-0.15, -0.1) is 0 Å². The molecule has 124 valence electrons. The number of aromatic nitrogens is 1. The molecule has 0 spiro atoms. The lowest BCUT2D eigenvalue weighted by Gasteiger charge is -2.06. The maximum absolute atomic E-state index is 12.9. The van der Waals surface area contributed by atoms with E-state index in [1.165, 1.54) is 34.3 Å². The Kier molecular flexibility index (Phi) is 4.65. The summed E-state index contributed by atoms with van der Waals surface area (Å²) in [7, 11) is 2.06. The number of hydrogen-bond acceptors (Lipinski definition) is 1. The van der Waals surface area contributed by atoms with Crippen LogP contribution in [0, 0.1) is 12.7 Å². The van der Waals surface area contributed by atoms with Gasteiger partial charge in [0.2, 0.25) is 5.91 Å². The lowest BCUT2D eigenvalue weighted by Crippen LogP contribution is -2.27. The summed E-state index contributed by atoms with van der Waals surface area (Å²) in [5.74, 6) is -0.329. The van der Waals surface area contributed by atoms with Gasteiger partial charge in [-0.25, -0.2) is 4.39 Å². The highest BCUT2D eigenvalue weighted by Gasteiger charge is 2.11. The Morgan fingerprint density at radius 1 is 1.12 bits per heavy atom. The number of carbonyl (C=O) groups is 1. The normalized spacial score (nSPS) is 11.0. The van der Waals surface area contributed by atoms with E-state index in [-0.39, 0.29) is 18.1 Å². The topological polar surface area (TPSA) is 34.0 Å². The predicted octanol–water partition coefficient (Wildman–Crippen LogP) is 3.53. The van der Waals surface area contributed by atoms with E-state index in [1.807, 2.05) is 12.1 Å². The maximum Gasteiger partial charge on any atom is 0.224 e. The van der Waals surface area contributed by atoms with Gasteiger partial charge in [-0.2, -0.15) is 0 Å². The minimum atomic E-state index is -0.286. The first kappa shape index (κ1) is 16.2. The van der Waals surface area contributed by atoms with Gasteiger partial charge in [0.1, 0.15) is 5.82 Å². The van der Waals surface area contributed by atoms with Crippen molar-refractivity contribution in [2.75, 3.05) is 6.54 Å². The molecule has 0 atom stereocenters. The van der Waals surface area contributed by atoms with E-state index in [0.717, 1.165) is 12.0 Å². The molecule has 0 aliphatic rings. The van der Waals surface area contributed by atoms with Crippen LogP contribution in [0.2, 0.25) is 0 Å². The third-order valence-electron chi connectivity index (χ3n) is 4.51. The third-order valence-corrected chi connectivity index (χ3v) is 4.51. The number of fused-ring (bicyclic) bond motifs is 1. The van der Waals surface area contributed by atoms with E-state index in [4.69, 9.17) is 0 Å². The molecule has 1 N–H and O–H groups in total. The van der Waals surface area contributed by atoms with Crippen molar-refractivity contribution in [1.82, 2.24) is 9.88 Å². The van der Waals surface area contributed by atoms with Crippen molar-refractivity contribution in [2.24, 2.45) is 7.05 Å². The maximum atomic E-state index is 12.9. The Morgan fingerprint density at radius 3 is 2.58 bits per heavy atom. The molecule has 1 amide bonds. The van der Waals surface area contributed by atoms with Crippen LogP contribution in [-0.2, 0) is 24.7 Å². The Hall–Kier alpha value is -2.62. The molecule has 0 fully saturated rings. The second-order valence-corrected chi connectivity index (χ2v) is 6.04. The average molecular weight is 324 g/mol. The van der Waals surface area contributed by atoms with Crippen molar-refractivity contribution in [3.63, 3.8) is 0 Å². The summed E-state index contributed by atoms with van der Waals surface area (Å²) in [4.78, 5) is 12.0. The molecule has 3 aromatic rings. The van der Waals surface area contributed by atoms with Crippen LogP contribution >= 0.6 is 0 Å². The molecule has 3 nitrogen and oxygen atoms in total. The lowest BCUT2D eigenvalue weighted by atomic mass is 10.1. The second-order valence-electron chi connectivity index (χ2n) is 6.04. The minimum absolute atomic E-state index is 0.0421. The van der Waals surface area contributed by atoms with Crippen LogP contribution in [0.3, 0.4) is 0 Å². The van der Waals surface area contributed by atoms with Crippen LogP contribution in [0.1, 0.15) is 16.8 Å². The van der Waals surface area contributed by atoms with Gasteiger partial charge < -0.3 is 9.88 Å². The highest BCUT2D eigenvalue weighted by atomic mass is 19.1. The largest absolute Gasteiger partial charge is 0.355 e. The number of aryl methyl sites for hydroxylation is 1. The van der Waals surface area contributed by atoms with Gasteiger partial charge in [0.05, 0.1) is 6.42 Å². The van der Waals surface area contributed by atoms with Crippen LogP contribution in [0.15, 0.2) is 48.5 Å². The summed E-state index contributed by atoms with van der Waals surface area (Å²) < 4.78 is 15.1. The van der Waals surface area contributed by atoms with E-state index >= 15 is 0 Å². The van der Waals surface area contributed by atoms with Crippen molar-refractivity contribution < 1.29 is 9.18 Å². The van der Waals surface area contributed by atoms with Crippen molar-refractivity contribution >= 4 is 16.8 Å². The number of benzene rings is 2. The lowest BCUT2D eigenvalue weighted by molar-refractivity contribution is -0.120. The van der Waals surface area contributed by atoms with E-state index in [0.29, 0.717) is 6.54 Å². The molecule has 2 aromatic carbocycles. The van der Waals surface area contributed by atoms with Gasteiger partial charge in [-0.1, -0.05) is 30.3 Å². The molecule has 0 aliphatic carbocycles. The number of rotatable bonds is 5. The first-order chi connectivity index (χ1) is 11.6. The number of nitrogens with one attached hydrogen (secondary N) is 1. The van der Waals surface area contributed by atoms with Gasteiger partial charge in [-0.3, -0.25) is 4.79 Å². The van der Waals surface area contributed by atoms with Gasteiger partial charge in [0.25, 0.3) is 0 Å². The number of halogens is 1. The number of para-hydroxylation sites is 1. The monoisotopic (exact) mass is 324 g/mol. The predicted molar refractivity (Wildman–Crippen MR) is 94.5 cm³/mol. The highest BCUT2D eigenvalue weighted by molar-refractivity contribution is 5.85. The fourth-order valence-electron chi connectivity index (χ4n) is 3.09. The summed E-state index contributed by atoms with van der Waals surface area (Å²) >= 11 is 0. The van der Waals surface area contributed by atoms with Crippen molar-refractivity contribution in [3.8, 4) is 0 Å². The molecule has 0 bridgehead atoms. The molecule has 3 rings (SSSR count). The SMILES string of the molecule is Cc1c(CCNC(=O)Cc2ccc(F)cc2)c2ccccc2n1C. The molecule has 24 heavy (non-hydrogen) atoms. The quantitative estimate of drug-likeness (QED) is 0.765. The molecular formula is C20H21FN2O. The van der Waals surface area contributed by atoms with E-state index in [9.17, 15) is 9.18 Å². The zero-order valence-electron chi connectivity index (χ0n) is 14.0. The Balaban J connectivity index is 1.61. The van der Waals surface area contributed by atoms with Crippen molar-refractivity contribution in [1.29, 1.82) is 0 Å². The van der Waals surface area contributed by atoms with Crippen molar-refractivity contribution in [2.45, 2.75) is 19.8 Å². The molecule has 0 unspecified atom stereocenters. The Labute approximate surface area is 141 Å². The Bertz CT molecular complexity index is 865. The summed E-state index contributed by atoms with van der Waals surface area (Å²) in [6.07, 6.45) is 1.07. The van der Waals surface area contributed by atoms with Crippen LogP contribution in [0.4, 0.5) is 4.39 Å². The summed E-state index contributed by atoms with van der Waals surface area (Å²) in [6.45, 7) is 2.70. The minimum Gasteiger partial charge on any atom is -0.355 e. The summed E-state index contributed by atoms with van der Waals surface area (Å²) in [6, 6.07) is 14.4. The fourth-order valence-corrected chi connectivity index (χ4v) is 3.09. The molecule has 4 heteroatoms. The van der Waals surface area contributed by atoms with Gasteiger partial charge >= 0.3 is 0 Å². The molecule has 0 aliphatic heterocycles. The average Bonchev–Trinajstić information content (AvgIpc) is 2.82. The van der Waals surface area contributed by atoms with Crippen molar-refractivity contribution in [3.05, 3.63) is 71.2 Å². The van der Waals surface area contributed by atoms with E-state index in [2.05, 4.69) is 36.0 Å². The van der Waals surface area contributed by atoms with Crippen LogP contribution < -0.4 is 5.32 Å². The van der Waals surface area contributed by atoms with E-state index < -0.39 is 0 Å². The van der Waals surface area contributed by atoms with E-state index in [1.54, 1.807) is 12.1 Å². The summed E-state index contributed by atoms with van der Waals surface area (Å²) in [5.41, 5.74) is 4.53. The number of carbonyl (C=O) groups excluding carboxylic acids is 1. The molecule has 1 aromatic heterocycles. The first-order valence-corrected chi connectivity index (χ1v) is 8.10.